The monoisotopic (exact) mass is 368 g/mol. The van der Waals surface area contributed by atoms with Crippen LogP contribution in [0.1, 0.15) is 48.3 Å². The number of nitrogens with zero attached hydrogens (tertiary/aromatic N) is 2. The summed E-state index contributed by atoms with van der Waals surface area (Å²) in [5, 5.41) is 0. The molecule has 4 nitrogen and oxygen atoms in total. The number of amides is 1. The Morgan fingerprint density at radius 1 is 1.07 bits per heavy atom. The zero-order valence-corrected chi connectivity index (χ0v) is 16.7. The lowest BCUT2D eigenvalue weighted by molar-refractivity contribution is -0.131. The number of furan rings is 1. The molecule has 27 heavy (non-hydrogen) atoms. The van der Waals surface area contributed by atoms with Crippen LogP contribution >= 0.6 is 0 Å². The summed E-state index contributed by atoms with van der Waals surface area (Å²) in [5.41, 5.74) is 2.67. The van der Waals surface area contributed by atoms with E-state index in [-0.39, 0.29) is 0 Å². The Kier molecular flexibility index (Phi) is 7.11. The molecule has 1 aliphatic heterocycles. The predicted molar refractivity (Wildman–Crippen MR) is 109 cm³/mol. The van der Waals surface area contributed by atoms with Gasteiger partial charge in [0.2, 0.25) is 5.91 Å². The molecule has 0 saturated heterocycles. The Hall–Kier alpha value is -2.07. The second-order valence-electron chi connectivity index (χ2n) is 7.83. The number of fused-ring (bicyclic) bond motifs is 1. The van der Waals surface area contributed by atoms with Crippen molar-refractivity contribution in [1.29, 1.82) is 0 Å². The van der Waals surface area contributed by atoms with E-state index in [1.165, 1.54) is 11.1 Å². The molecule has 4 heteroatoms. The van der Waals surface area contributed by atoms with Crippen LogP contribution in [0, 0.1) is 0 Å². The van der Waals surface area contributed by atoms with Gasteiger partial charge >= 0.3 is 0 Å². The summed E-state index contributed by atoms with van der Waals surface area (Å²) >= 11 is 0. The van der Waals surface area contributed by atoms with Crippen LogP contribution in [0.15, 0.2) is 40.8 Å². The first-order valence-electron chi connectivity index (χ1n) is 10.2. The highest BCUT2D eigenvalue weighted by molar-refractivity contribution is 5.76. The number of rotatable bonds is 8. The first-order chi connectivity index (χ1) is 13.1. The molecule has 0 saturated carbocycles. The third kappa shape index (κ3) is 5.96. The molecule has 0 radical (unpaired) electrons. The maximum absolute atomic E-state index is 12.6. The lowest BCUT2D eigenvalue weighted by Crippen LogP contribution is -2.33. The van der Waals surface area contributed by atoms with Crippen LogP contribution in [0.25, 0.3) is 0 Å². The van der Waals surface area contributed by atoms with Gasteiger partial charge in [-0.3, -0.25) is 4.79 Å². The number of hydrogen-bond donors (Lipinski definition) is 0. The number of aryl methyl sites for hydroxylation is 1. The summed E-state index contributed by atoms with van der Waals surface area (Å²) in [6.45, 7) is 2.43. The lowest BCUT2D eigenvalue weighted by Gasteiger charge is -2.20. The predicted octanol–water partition coefficient (Wildman–Crippen LogP) is 4.07. The molecule has 1 aromatic carbocycles. The Labute approximate surface area is 163 Å². The number of carbonyl (C=O) groups excluding carboxylic acids is 1. The molecule has 146 valence electrons. The van der Waals surface area contributed by atoms with Gasteiger partial charge in [0.25, 0.3) is 0 Å². The van der Waals surface area contributed by atoms with Gasteiger partial charge < -0.3 is 14.2 Å². The van der Waals surface area contributed by atoms with Gasteiger partial charge in [-0.25, -0.2) is 0 Å². The van der Waals surface area contributed by atoms with Crippen molar-refractivity contribution in [3.05, 3.63) is 59.0 Å². The lowest BCUT2D eigenvalue weighted by atomic mass is 10.1. The molecular weight excluding hydrogens is 336 g/mol. The second kappa shape index (κ2) is 9.75. The Bertz CT molecular complexity index is 696. The van der Waals surface area contributed by atoms with Crippen molar-refractivity contribution in [2.75, 3.05) is 27.2 Å². The Balaban J connectivity index is 1.37. The van der Waals surface area contributed by atoms with Gasteiger partial charge in [-0.15, -0.1) is 0 Å². The fraction of sp³-hybridized carbons (Fsp3) is 0.522. The molecule has 1 aliphatic rings. The van der Waals surface area contributed by atoms with E-state index in [0.29, 0.717) is 12.3 Å². The minimum absolute atomic E-state index is 0.299. The second-order valence-corrected chi connectivity index (χ2v) is 7.83. The molecule has 3 rings (SSSR count). The first kappa shape index (κ1) is 19.7. The van der Waals surface area contributed by atoms with Crippen molar-refractivity contribution >= 4 is 5.91 Å². The Morgan fingerprint density at radius 3 is 2.63 bits per heavy atom. The SMILES string of the molecule is CN(C)Cc1cc2c(o1)CCN(C(=O)CCCCCc1ccccc1)CC2. The third-order valence-electron chi connectivity index (χ3n) is 5.23. The minimum atomic E-state index is 0.299. The van der Waals surface area contributed by atoms with Crippen LogP contribution in [0.4, 0.5) is 0 Å². The van der Waals surface area contributed by atoms with Crippen molar-refractivity contribution in [2.24, 2.45) is 0 Å². The molecule has 1 aromatic heterocycles. The van der Waals surface area contributed by atoms with Crippen LogP contribution in [0.2, 0.25) is 0 Å². The summed E-state index contributed by atoms with van der Waals surface area (Å²) in [6, 6.07) is 12.8. The molecule has 0 unspecified atom stereocenters. The zero-order valence-electron chi connectivity index (χ0n) is 16.7. The standard InChI is InChI=1S/C23H32N2O2/c1-24(2)18-21-17-20-13-15-25(16-14-22(20)27-21)23(26)12-8-4-7-11-19-9-5-3-6-10-19/h3,5-6,9-10,17H,4,7-8,11-16,18H2,1-2H3. The van der Waals surface area contributed by atoms with Crippen molar-refractivity contribution < 1.29 is 9.21 Å². The average molecular weight is 369 g/mol. The molecule has 0 spiro atoms. The summed E-state index contributed by atoms with van der Waals surface area (Å²) in [7, 11) is 4.10. The van der Waals surface area contributed by atoms with E-state index in [2.05, 4.69) is 41.3 Å². The molecule has 0 N–H and O–H groups in total. The maximum Gasteiger partial charge on any atom is 0.222 e. The maximum atomic E-state index is 12.6. The number of carbonyl (C=O) groups is 1. The quantitative estimate of drug-likeness (QED) is 0.659. The van der Waals surface area contributed by atoms with Gasteiger partial charge in [-0.05, 0) is 57.0 Å². The van der Waals surface area contributed by atoms with Crippen LogP contribution in [-0.4, -0.2) is 42.9 Å². The fourth-order valence-corrected chi connectivity index (χ4v) is 3.78. The summed E-state index contributed by atoms with van der Waals surface area (Å²) in [6.07, 6.45) is 6.77. The average Bonchev–Trinajstić information content (AvgIpc) is 2.92. The smallest absolute Gasteiger partial charge is 0.222 e. The molecule has 1 amide bonds. The van der Waals surface area contributed by atoms with Crippen LogP contribution in [0.3, 0.4) is 0 Å². The molecule has 0 atom stereocenters. The van der Waals surface area contributed by atoms with Crippen molar-refractivity contribution in [1.82, 2.24) is 9.80 Å². The van der Waals surface area contributed by atoms with E-state index < -0.39 is 0 Å². The van der Waals surface area contributed by atoms with Crippen molar-refractivity contribution in [3.63, 3.8) is 0 Å². The van der Waals surface area contributed by atoms with E-state index in [1.54, 1.807) is 0 Å². The molecule has 0 aliphatic carbocycles. The van der Waals surface area contributed by atoms with E-state index in [9.17, 15) is 4.79 Å². The molecule has 2 aromatic rings. The Morgan fingerprint density at radius 2 is 1.85 bits per heavy atom. The fourth-order valence-electron chi connectivity index (χ4n) is 3.78. The van der Waals surface area contributed by atoms with E-state index in [4.69, 9.17) is 4.42 Å². The van der Waals surface area contributed by atoms with Gasteiger partial charge in [0.15, 0.2) is 0 Å². The number of hydrogen-bond acceptors (Lipinski definition) is 3. The number of benzene rings is 1. The van der Waals surface area contributed by atoms with Gasteiger partial charge in [0.05, 0.1) is 6.54 Å². The molecule has 0 fully saturated rings. The van der Waals surface area contributed by atoms with Crippen molar-refractivity contribution in [2.45, 2.75) is 51.5 Å². The summed E-state index contributed by atoms with van der Waals surface area (Å²) in [4.78, 5) is 16.7. The highest BCUT2D eigenvalue weighted by Crippen LogP contribution is 2.22. The van der Waals surface area contributed by atoms with Gasteiger partial charge in [0.1, 0.15) is 11.5 Å². The van der Waals surface area contributed by atoms with Crippen LogP contribution in [0.5, 0.6) is 0 Å². The summed E-state index contributed by atoms with van der Waals surface area (Å²) < 4.78 is 6.00. The van der Waals surface area contributed by atoms with Crippen LogP contribution < -0.4 is 0 Å². The normalized spacial score (nSPS) is 14.3. The largest absolute Gasteiger partial charge is 0.464 e. The van der Waals surface area contributed by atoms with E-state index >= 15 is 0 Å². The topological polar surface area (TPSA) is 36.7 Å². The van der Waals surface area contributed by atoms with Gasteiger partial charge in [-0.2, -0.15) is 0 Å². The first-order valence-corrected chi connectivity index (χ1v) is 10.2. The highest BCUT2D eigenvalue weighted by atomic mass is 16.3. The van der Waals surface area contributed by atoms with E-state index in [1.807, 2.05) is 19.0 Å². The molecule has 0 bridgehead atoms. The van der Waals surface area contributed by atoms with Gasteiger partial charge in [-0.1, -0.05) is 36.8 Å². The molecular formula is C23H32N2O2. The van der Waals surface area contributed by atoms with Crippen molar-refractivity contribution in [3.8, 4) is 0 Å². The summed E-state index contributed by atoms with van der Waals surface area (Å²) in [5.74, 6) is 2.40. The minimum Gasteiger partial charge on any atom is -0.464 e. The van der Waals surface area contributed by atoms with Crippen LogP contribution in [-0.2, 0) is 30.6 Å². The highest BCUT2D eigenvalue weighted by Gasteiger charge is 2.21. The third-order valence-corrected chi connectivity index (χ3v) is 5.23. The van der Waals surface area contributed by atoms with E-state index in [0.717, 1.165) is 69.7 Å². The molecule has 2 heterocycles. The number of unbranched alkanes of at least 4 members (excludes halogenated alkanes) is 2. The zero-order chi connectivity index (χ0) is 19.1. The van der Waals surface area contributed by atoms with Gasteiger partial charge in [0, 0.05) is 25.9 Å².